The van der Waals surface area contributed by atoms with Gasteiger partial charge in [-0.3, -0.25) is 14.9 Å². The average Bonchev–Trinajstić information content (AvgIpc) is 2.87. The first-order chi connectivity index (χ1) is 12.0. The Hall–Kier alpha value is -2.10. The second kappa shape index (κ2) is 9.40. The van der Waals surface area contributed by atoms with Crippen molar-refractivity contribution in [2.45, 2.75) is 50.9 Å². The molecule has 1 aliphatic rings. The molecule has 0 atom stereocenters. The fraction of sp³-hybridized carbons (Fsp3) is 0.667. The second-order valence-corrected chi connectivity index (χ2v) is 6.54. The van der Waals surface area contributed by atoms with Crippen LogP contribution in [0.5, 0.6) is 0 Å². The van der Waals surface area contributed by atoms with Gasteiger partial charge >= 0.3 is 6.09 Å². The minimum absolute atomic E-state index is 0.0237. The SMILES string of the molecule is CCn1c(CN2CCCCCC2=O)nnc1SCC(=O)NC(=O)OC. The Morgan fingerprint density at radius 1 is 1.28 bits per heavy atom. The number of alkyl carbamates (subject to hydrolysis) is 1. The second-order valence-electron chi connectivity index (χ2n) is 5.60. The van der Waals surface area contributed by atoms with Crippen LogP contribution < -0.4 is 5.32 Å². The first kappa shape index (κ1) is 19.2. The maximum Gasteiger partial charge on any atom is 0.413 e. The molecule has 0 radical (unpaired) electrons. The number of hydrogen-bond donors (Lipinski definition) is 1. The van der Waals surface area contributed by atoms with Crippen LogP contribution in [0.3, 0.4) is 0 Å². The van der Waals surface area contributed by atoms with E-state index in [1.807, 2.05) is 16.4 Å². The lowest BCUT2D eigenvalue weighted by atomic mass is 10.2. The number of methoxy groups -OCH3 is 1. The Bertz CT molecular complexity index is 633. The molecule has 0 spiro atoms. The van der Waals surface area contributed by atoms with Crippen molar-refractivity contribution >= 4 is 29.7 Å². The van der Waals surface area contributed by atoms with Crippen molar-refractivity contribution in [3.63, 3.8) is 0 Å². The number of ether oxygens (including phenoxy) is 1. The van der Waals surface area contributed by atoms with Gasteiger partial charge in [-0.15, -0.1) is 10.2 Å². The van der Waals surface area contributed by atoms with Gasteiger partial charge in [0.2, 0.25) is 11.8 Å². The summed E-state index contributed by atoms with van der Waals surface area (Å²) in [6, 6.07) is 0. The normalized spacial score (nSPS) is 15.0. The molecule has 1 saturated heterocycles. The number of aromatic nitrogens is 3. The van der Waals surface area contributed by atoms with Crippen LogP contribution in [-0.2, 0) is 27.4 Å². The Morgan fingerprint density at radius 2 is 2.08 bits per heavy atom. The number of thioether (sulfide) groups is 1. The number of likely N-dealkylation sites (tertiary alicyclic amines) is 1. The highest BCUT2D eigenvalue weighted by molar-refractivity contribution is 7.99. The van der Waals surface area contributed by atoms with Crippen LogP contribution in [0.15, 0.2) is 5.16 Å². The number of hydrogen-bond acceptors (Lipinski definition) is 7. The van der Waals surface area contributed by atoms with Crippen LogP contribution >= 0.6 is 11.8 Å². The Morgan fingerprint density at radius 3 is 2.80 bits per heavy atom. The van der Waals surface area contributed by atoms with Crippen molar-refractivity contribution in [2.24, 2.45) is 0 Å². The van der Waals surface area contributed by atoms with E-state index in [1.54, 1.807) is 0 Å². The van der Waals surface area contributed by atoms with E-state index < -0.39 is 12.0 Å². The zero-order valence-electron chi connectivity index (χ0n) is 14.5. The quantitative estimate of drug-likeness (QED) is 0.750. The fourth-order valence-corrected chi connectivity index (χ4v) is 3.39. The zero-order valence-corrected chi connectivity index (χ0v) is 15.3. The topological polar surface area (TPSA) is 106 Å². The lowest BCUT2D eigenvalue weighted by Gasteiger charge is -2.20. The van der Waals surface area contributed by atoms with E-state index in [1.165, 1.54) is 18.9 Å². The number of rotatable bonds is 6. The summed E-state index contributed by atoms with van der Waals surface area (Å²) < 4.78 is 6.26. The van der Waals surface area contributed by atoms with Gasteiger partial charge in [-0.05, 0) is 19.8 Å². The van der Waals surface area contributed by atoms with Gasteiger partial charge in [0.05, 0.1) is 19.4 Å². The highest BCUT2D eigenvalue weighted by Crippen LogP contribution is 2.19. The summed E-state index contributed by atoms with van der Waals surface area (Å²) in [5, 5.41) is 11.0. The van der Waals surface area contributed by atoms with Gasteiger partial charge in [0.1, 0.15) is 0 Å². The van der Waals surface area contributed by atoms with Crippen molar-refractivity contribution < 1.29 is 19.1 Å². The molecule has 0 bridgehead atoms. The smallest absolute Gasteiger partial charge is 0.413 e. The molecule has 2 rings (SSSR count). The molecule has 0 aromatic carbocycles. The average molecular weight is 369 g/mol. The van der Waals surface area contributed by atoms with Gasteiger partial charge < -0.3 is 14.2 Å². The van der Waals surface area contributed by atoms with Crippen LogP contribution in [0.1, 0.15) is 38.4 Å². The third-order valence-corrected chi connectivity index (χ3v) is 4.84. The summed E-state index contributed by atoms with van der Waals surface area (Å²) >= 11 is 1.19. The molecule has 25 heavy (non-hydrogen) atoms. The van der Waals surface area contributed by atoms with Gasteiger partial charge in [-0.2, -0.15) is 0 Å². The van der Waals surface area contributed by atoms with Gasteiger partial charge in [-0.1, -0.05) is 18.2 Å². The van der Waals surface area contributed by atoms with E-state index in [4.69, 9.17) is 0 Å². The van der Waals surface area contributed by atoms with E-state index in [0.29, 0.717) is 30.5 Å². The van der Waals surface area contributed by atoms with Crippen molar-refractivity contribution in [3.8, 4) is 0 Å². The van der Waals surface area contributed by atoms with E-state index in [-0.39, 0.29) is 11.7 Å². The van der Waals surface area contributed by atoms with Gasteiger partial charge in [0.25, 0.3) is 0 Å². The monoisotopic (exact) mass is 369 g/mol. The Labute approximate surface area is 150 Å². The molecule has 3 amide bonds. The lowest BCUT2D eigenvalue weighted by Crippen LogP contribution is -2.31. The van der Waals surface area contributed by atoms with Crippen LogP contribution in [0.4, 0.5) is 4.79 Å². The predicted octanol–water partition coefficient (Wildman–Crippen LogP) is 1.18. The summed E-state index contributed by atoms with van der Waals surface area (Å²) in [5.41, 5.74) is 0. The molecule has 10 heteroatoms. The minimum Gasteiger partial charge on any atom is -0.453 e. The van der Waals surface area contributed by atoms with Gasteiger partial charge in [-0.25, -0.2) is 4.79 Å². The number of imide groups is 1. The summed E-state index contributed by atoms with van der Waals surface area (Å²) in [4.78, 5) is 36.6. The molecule has 138 valence electrons. The van der Waals surface area contributed by atoms with E-state index in [2.05, 4.69) is 20.3 Å². The minimum atomic E-state index is -0.789. The number of carbonyl (C=O) groups excluding carboxylic acids is 3. The molecule has 1 aliphatic heterocycles. The van der Waals surface area contributed by atoms with Crippen LogP contribution in [0, 0.1) is 0 Å². The molecule has 2 heterocycles. The summed E-state index contributed by atoms with van der Waals surface area (Å²) in [6.07, 6.45) is 2.80. The van der Waals surface area contributed by atoms with E-state index in [0.717, 1.165) is 25.8 Å². The molecule has 1 N–H and O–H groups in total. The Kier molecular flexibility index (Phi) is 7.23. The van der Waals surface area contributed by atoms with Crippen LogP contribution in [0.2, 0.25) is 0 Å². The maximum absolute atomic E-state index is 12.1. The first-order valence-electron chi connectivity index (χ1n) is 8.25. The van der Waals surface area contributed by atoms with Crippen LogP contribution in [0.25, 0.3) is 0 Å². The summed E-state index contributed by atoms with van der Waals surface area (Å²) in [7, 11) is 1.19. The molecule has 1 aromatic rings. The predicted molar refractivity (Wildman–Crippen MR) is 90.9 cm³/mol. The van der Waals surface area contributed by atoms with Crippen LogP contribution in [-0.4, -0.2) is 57.0 Å². The third kappa shape index (κ3) is 5.45. The van der Waals surface area contributed by atoms with Gasteiger partial charge in [0.15, 0.2) is 11.0 Å². The fourth-order valence-electron chi connectivity index (χ4n) is 2.57. The van der Waals surface area contributed by atoms with Crippen molar-refractivity contribution in [2.75, 3.05) is 19.4 Å². The lowest BCUT2D eigenvalue weighted by molar-refractivity contribution is -0.131. The first-order valence-corrected chi connectivity index (χ1v) is 9.24. The Balaban J connectivity index is 1.98. The third-order valence-electron chi connectivity index (χ3n) is 3.87. The number of carbonyl (C=O) groups is 3. The molecular weight excluding hydrogens is 346 g/mol. The highest BCUT2D eigenvalue weighted by atomic mass is 32.2. The standard InChI is InChI=1S/C15H23N5O4S/c1-3-20-11(9-19-8-6-4-5-7-13(19)22)17-18-14(20)25-10-12(21)16-15(23)24-2/h3-10H2,1-2H3,(H,16,21,23). The maximum atomic E-state index is 12.1. The summed E-state index contributed by atoms with van der Waals surface area (Å²) in [6.45, 7) is 3.75. The van der Waals surface area contributed by atoms with Crippen molar-refractivity contribution in [1.29, 1.82) is 0 Å². The molecule has 1 aromatic heterocycles. The van der Waals surface area contributed by atoms with E-state index in [9.17, 15) is 14.4 Å². The number of nitrogens with zero attached hydrogens (tertiary/aromatic N) is 4. The molecule has 0 aliphatic carbocycles. The molecule has 0 unspecified atom stereocenters. The molecular formula is C15H23N5O4S. The largest absolute Gasteiger partial charge is 0.453 e. The van der Waals surface area contributed by atoms with Crippen molar-refractivity contribution in [3.05, 3.63) is 5.82 Å². The number of amides is 3. The highest BCUT2D eigenvalue weighted by Gasteiger charge is 2.21. The number of nitrogens with one attached hydrogen (secondary N) is 1. The molecule has 0 saturated carbocycles. The van der Waals surface area contributed by atoms with E-state index >= 15 is 0 Å². The van der Waals surface area contributed by atoms with Gasteiger partial charge in [0, 0.05) is 19.5 Å². The van der Waals surface area contributed by atoms with Crippen molar-refractivity contribution in [1.82, 2.24) is 25.0 Å². The summed E-state index contributed by atoms with van der Waals surface area (Å²) in [5.74, 6) is 0.408. The molecule has 1 fully saturated rings. The zero-order chi connectivity index (χ0) is 18.2. The molecule has 9 nitrogen and oxygen atoms in total.